The normalized spacial score (nSPS) is 20.7. The fourth-order valence-corrected chi connectivity index (χ4v) is 3.51. The average molecular weight is 306 g/mol. The topological polar surface area (TPSA) is 100 Å². The van der Waals surface area contributed by atoms with Gasteiger partial charge in [0.15, 0.2) is 5.82 Å². The third kappa shape index (κ3) is 3.34. The summed E-state index contributed by atoms with van der Waals surface area (Å²) in [5.41, 5.74) is 2.29. The summed E-state index contributed by atoms with van der Waals surface area (Å²) in [6.07, 6.45) is 2.02. The van der Waals surface area contributed by atoms with E-state index in [2.05, 4.69) is 20.0 Å². The third-order valence-electron chi connectivity index (χ3n) is 2.98. The van der Waals surface area contributed by atoms with Crippen LogP contribution in [0, 0.1) is 0 Å². The minimum atomic E-state index is -3.61. The molecule has 2 heterocycles. The molecule has 1 fully saturated rings. The number of likely N-dealkylation sites (tertiary alicyclic amines) is 1. The van der Waals surface area contributed by atoms with E-state index < -0.39 is 10.0 Å². The van der Waals surface area contributed by atoms with E-state index in [0.717, 1.165) is 13.0 Å². The number of nitrogens with one attached hydrogen (secondary N) is 2. The van der Waals surface area contributed by atoms with Crippen LogP contribution in [0.3, 0.4) is 0 Å². The molecule has 0 radical (unpaired) electrons. The Morgan fingerprint density at radius 3 is 2.84 bits per heavy atom. The lowest BCUT2D eigenvalue weighted by molar-refractivity contribution is 0.407. The summed E-state index contributed by atoms with van der Waals surface area (Å²) in [6.45, 7) is 1.57. The highest BCUT2D eigenvalue weighted by Gasteiger charge is 2.26. The third-order valence-corrected chi connectivity index (χ3v) is 4.75. The van der Waals surface area contributed by atoms with Gasteiger partial charge < -0.3 is 10.3 Å². The Morgan fingerprint density at radius 2 is 2.32 bits per heavy atom. The maximum Gasteiger partial charge on any atom is 0.242 e. The first-order valence-electron chi connectivity index (χ1n) is 5.75. The predicted molar refractivity (Wildman–Crippen MR) is 73.3 cm³/mol. The number of sulfonamides is 1. The zero-order valence-electron chi connectivity index (χ0n) is 10.4. The van der Waals surface area contributed by atoms with E-state index in [9.17, 15) is 8.42 Å². The monoisotopic (exact) mass is 305 g/mol. The molecule has 19 heavy (non-hydrogen) atoms. The summed E-state index contributed by atoms with van der Waals surface area (Å²) in [5.74, 6) is 5.43. The predicted octanol–water partition coefficient (Wildman–Crippen LogP) is 0.00300. The van der Waals surface area contributed by atoms with Crippen LogP contribution in [0.15, 0.2) is 17.2 Å². The van der Waals surface area contributed by atoms with Crippen LogP contribution in [0.5, 0.6) is 0 Å². The number of nitrogens with zero attached hydrogens (tertiary/aromatic N) is 2. The molecule has 0 spiro atoms. The van der Waals surface area contributed by atoms with Gasteiger partial charge in [0.1, 0.15) is 4.90 Å². The molecule has 1 saturated heterocycles. The summed E-state index contributed by atoms with van der Waals surface area (Å²) >= 11 is 5.87. The van der Waals surface area contributed by atoms with Crippen molar-refractivity contribution in [3.05, 3.63) is 17.3 Å². The largest absolute Gasteiger partial charge is 0.307 e. The fraction of sp³-hybridized carbons (Fsp3) is 0.500. The van der Waals surface area contributed by atoms with E-state index in [1.54, 1.807) is 0 Å². The van der Waals surface area contributed by atoms with Crippen molar-refractivity contribution >= 4 is 27.4 Å². The number of pyridine rings is 1. The number of hydrogen-bond donors (Lipinski definition) is 3. The first-order valence-corrected chi connectivity index (χ1v) is 7.61. The smallest absolute Gasteiger partial charge is 0.242 e. The van der Waals surface area contributed by atoms with Crippen molar-refractivity contribution in [1.82, 2.24) is 14.6 Å². The van der Waals surface area contributed by atoms with Crippen LogP contribution in [-0.4, -0.2) is 44.5 Å². The molecule has 1 aliphatic rings. The van der Waals surface area contributed by atoms with Gasteiger partial charge in [0, 0.05) is 18.8 Å². The van der Waals surface area contributed by atoms with Gasteiger partial charge >= 0.3 is 0 Å². The molecule has 1 aliphatic heterocycles. The molecule has 7 nitrogen and oxygen atoms in total. The van der Waals surface area contributed by atoms with Crippen LogP contribution in [0.25, 0.3) is 0 Å². The highest BCUT2D eigenvalue weighted by molar-refractivity contribution is 7.89. The van der Waals surface area contributed by atoms with Crippen molar-refractivity contribution in [2.45, 2.75) is 17.4 Å². The minimum absolute atomic E-state index is 0.0334. The summed E-state index contributed by atoms with van der Waals surface area (Å²) in [6, 6.07) is 1.24. The Kier molecular flexibility index (Phi) is 4.26. The minimum Gasteiger partial charge on any atom is -0.307 e. The lowest BCUT2D eigenvalue weighted by Gasteiger charge is -2.13. The van der Waals surface area contributed by atoms with E-state index in [1.165, 1.54) is 12.3 Å². The quantitative estimate of drug-likeness (QED) is 0.535. The molecule has 1 unspecified atom stereocenters. The Morgan fingerprint density at radius 1 is 1.58 bits per heavy atom. The summed E-state index contributed by atoms with van der Waals surface area (Å²) in [7, 11) is -1.65. The van der Waals surface area contributed by atoms with Crippen LogP contribution >= 0.6 is 11.6 Å². The summed E-state index contributed by atoms with van der Waals surface area (Å²) in [5, 5.41) is 0.161. The molecule has 0 amide bonds. The SMILES string of the molecule is CN1CCC(NS(=O)(=O)c2cnc(NN)c(Cl)c2)C1. The number of nitrogen functional groups attached to an aromatic ring is 1. The second-order valence-electron chi connectivity index (χ2n) is 4.51. The summed E-state index contributed by atoms with van der Waals surface area (Å²) in [4.78, 5) is 5.96. The maximum atomic E-state index is 12.2. The van der Waals surface area contributed by atoms with E-state index in [1.807, 2.05) is 7.05 Å². The van der Waals surface area contributed by atoms with E-state index in [-0.39, 0.29) is 21.8 Å². The molecule has 9 heteroatoms. The lowest BCUT2D eigenvalue weighted by atomic mass is 10.3. The zero-order valence-corrected chi connectivity index (χ0v) is 12.0. The Hall–Kier alpha value is -0.930. The first kappa shape index (κ1) is 14.5. The highest BCUT2D eigenvalue weighted by atomic mass is 35.5. The molecular formula is C10H16ClN5O2S. The van der Waals surface area contributed by atoms with Gasteiger partial charge in [-0.05, 0) is 26.1 Å². The molecule has 0 bridgehead atoms. The number of halogens is 1. The van der Waals surface area contributed by atoms with E-state index in [0.29, 0.717) is 6.54 Å². The van der Waals surface area contributed by atoms with Gasteiger partial charge in [-0.3, -0.25) is 0 Å². The molecular weight excluding hydrogens is 290 g/mol. The lowest BCUT2D eigenvalue weighted by Crippen LogP contribution is -2.36. The molecule has 4 N–H and O–H groups in total. The van der Waals surface area contributed by atoms with E-state index >= 15 is 0 Å². The van der Waals surface area contributed by atoms with Crippen molar-refractivity contribution < 1.29 is 8.42 Å². The number of rotatable bonds is 4. The van der Waals surface area contributed by atoms with Gasteiger partial charge in [-0.1, -0.05) is 11.6 Å². The van der Waals surface area contributed by atoms with Crippen LogP contribution < -0.4 is 16.0 Å². The number of hydrazine groups is 1. The van der Waals surface area contributed by atoms with Crippen molar-refractivity contribution in [2.75, 3.05) is 25.6 Å². The van der Waals surface area contributed by atoms with Crippen LogP contribution in [0.4, 0.5) is 5.82 Å². The second kappa shape index (κ2) is 5.59. The van der Waals surface area contributed by atoms with Crippen LogP contribution in [-0.2, 0) is 10.0 Å². The molecule has 1 aromatic rings. The second-order valence-corrected chi connectivity index (χ2v) is 6.64. The molecule has 106 valence electrons. The standard InChI is InChI=1S/C10H16ClN5O2S/c1-16-3-2-7(6-16)15-19(17,18)8-4-9(11)10(14-12)13-5-8/h4-5,7,15H,2-3,6,12H2,1H3,(H,13,14). The van der Waals surface area contributed by atoms with Gasteiger partial charge in [-0.2, -0.15) is 0 Å². The first-order chi connectivity index (χ1) is 8.92. The van der Waals surface area contributed by atoms with Gasteiger partial charge in [0.05, 0.1) is 5.02 Å². The molecule has 1 aromatic heterocycles. The zero-order chi connectivity index (χ0) is 14.0. The van der Waals surface area contributed by atoms with Crippen molar-refractivity contribution in [3.63, 3.8) is 0 Å². The van der Waals surface area contributed by atoms with Gasteiger partial charge in [0.25, 0.3) is 0 Å². The number of likely N-dealkylation sites (N-methyl/N-ethyl adjacent to an activating group) is 1. The van der Waals surface area contributed by atoms with Gasteiger partial charge in [-0.15, -0.1) is 0 Å². The Balaban J connectivity index is 2.17. The molecule has 0 aromatic carbocycles. The summed E-state index contributed by atoms with van der Waals surface area (Å²) < 4.78 is 27.0. The average Bonchev–Trinajstić information content (AvgIpc) is 2.73. The van der Waals surface area contributed by atoms with Gasteiger partial charge in [-0.25, -0.2) is 24.0 Å². The van der Waals surface area contributed by atoms with Gasteiger partial charge in [0.2, 0.25) is 10.0 Å². The van der Waals surface area contributed by atoms with E-state index in [4.69, 9.17) is 17.4 Å². The molecule has 0 saturated carbocycles. The van der Waals surface area contributed by atoms with Crippen LogP contribution in [0.2, 0.25) is 5.02 Å². The van der Waals surface area contributed by atoms with Crippen LogP contribution in [0.1, 0.15) is 6.42 Å². The molecule has 1 atom stereocenters. The molecule has 2 rings (SSSR count). The number of aromatic nitrogens is 1. The number of hydrogen-bond acceptors (Lipinski definition) is 6. The Bertz CT molecular complexity index is 565. The van der Waals surface area contributed by atoms with Crippen molar-refractivity contribution in [2.24, 2.45) is 5.84 Å². The fourth-order valence-electron chi connectivity index (χ4n) is 1.99. The van der Waals surface area contributed by atoms with Crippen molar-refractivity contribution in [3.8, 4) is 0 Å². The maximum absolute atomic E-state index is 12.2. The molecule has 0 aliphatic carbocycles. The number of anilines is 1. The Labute approximate surface area is 117 Å². The van der Waals surface area contributed by atoms with Crippen molar-refractivity contribution in [1.29, 1.82) is 0 Å². The number of nitrogens with two attached hydrogens (primary N) is 1. The highest BCUT2D eigenvalue weighted by Crippen LogP contribution is 2.22.